The van der Waals surface area contributed by atoms with E-state index in [0.29, 0.717) is 17.5 Å². The molecule has 0 unspecified atom stereocenters. The fraction of sp³-hybridized carbons (Fsp3) is 0.250. The van der Waals surface area contributed by atoms with Crippen LogP contribution in [0.4, 0.5) is 8.78 Å². The summed E-state index contributed by atoms with van der Waals surface area (Å²) in [6.07, 6.45) is 5.07. The Morgan fingerprint density at radius 3 is 2.31 bits per heavy atom. The summed E-state index contributed by atoms with van der Waals surface area (Å²) in [6.45, 7) is 2.20. The van der Waals surface area contributed by atoms with E-state index in [1.807, 2.05) is 12.1 Å². The molecule has 0 saturated carbocycles. The highest BCUT2D eigenvalue weighted by molar-refractivity contribution is 5.78. The van der Waals surface area contributed by atoms with Crippen molar-refractivity contribution in [2.24, 2.45) is 0 Å². The molecule has 0 N–H and O–H groups in total. The van der Waals surface area contributed by atoms with Crippen molar-refractivity contribution < 1.29 is 8.78 Å². The van der Waals surface area contributed by atoms with Crippen LogP contribution in [0.2, 0.25) is 0 Å². The van der Waals surface area contributed by atoms with Crippen molar-refractivity contribution in [3.63, 3.8) is 0 Å². The van der Waals surface area contributed by atoms with E-state index in [2.05, 4.69) is 25.1 Å². The number of halogens is 2. The predicted molar refractivity (Wildman–Crippen MR) is 103 cm³/mol. The van der Waals surface area contributed by atoms with Gasteiger partial charge in [-0.2, -0.15) is 0 Å². The molecule has 3 aromatic carbocycles. The van der Waals surface area contributed by atoms with Gasteiger partial charge < -0.3 is 0 Å². The summed E-state index contributed by atoms with van der Waals surface area (Å²) in [7, 11) is 0. The lowest BCUT2D eigenvalue weighted by molar-refractivity contribution is 0.610. The third-order valence-electron chi connectivity index (χ3n) is 5.32. The van der Waals surface area contributed by atoms with Crippen LogP contribution >= 0.6 is 0 Å². The monoisotopic (exact) mass is 348 g/mol. The van der Waals surface area contributed by atoms with Gasteiger partial charge in [-0.25, -0.2) is 8.78 Å². The third-order valence-corrected chi connectivity index (χ3v) is 5.32. The summed E-state index contributed by atoms with van der Waals surface area (Å²) in [4.78, 5) is 0. The van der Waals surface area contributed by atoms with Gasteiger partial charge in [-0.05, 0) is 71.2 Å². The van der Waals surface area contributed by atoms with Gasteiger partial charge in [0.2, 0.25) is 0 Å². The molecule has 0 saturated heterocycles. The van der Waals surface area contributed by atoms with Crippen molar-refractivity contribution in [2.75, 3.05) is 0 Å². The Kier molecular flexibility index (Phi) is 4.58. The average Bonchev–Trinajstić information content (AvgIpc) is 2.67. The molecular formula is C24H22F2. The molecule has 0 spiro atoms. The van der Waals surface area contributed by atoms with Crippen LogP contribution in [-0.2, 0) is 19.3 Å². The lowest BCUT2D eigenvalue weighted by Gasteiger charge is -2.22. The van der Waals surface area contributed by atoms with Crippen LogP contribution < -0.4 is 0 Å². The first-order valence-electron chi connectivity index (χ1n) is 9.37. The number of rotatable bonds is 4. The molecule has 0 heterocycles. The van der Waals surface area contributed by atoms with E-state index < -0.39 is 0 Å². The van der Waals surface area contributed by atoms with Gasteiger partial charge in [0.25, 0.3) is 0 Å². The Hall–Kier alpha value is -2.48. The van der Waals surface area contributed by atoms with E-state index in [-0.39, 0.29) is 11.6 Å². The second kappa shape index (κ2) is 7.03. The maximum Gasteiger partial charge on any atom is 0.134 e. The van der Waals surface area contributed by atoms with Crippen LogP contribution in [0.15, 0.2) is 54.6 Å². The quantitative estimate of drug-likeness (QED) is 0.490. The van der Waals surface area contributed by atoms with Crippen molar-refractivity contribution in [1.82, 2.24) is 0 Å². The third kappa shape index (κ3) is 3.05. The highest BCUT2D eigenvalue weighted by atomic mass is 19.1. The van der Waals surface area contributed by atoms with Gasteiger partial charge in [-0.3, -0.25) is 0 Å². The van der Waals surface area contributed by atoms with Gasteiger partial charge in [-0.15, -0.1) is 0 Å². The van der Waals surface area contributed by atoms with E-state index >= 15 is 4.39 Å². The van der Waals surface area contributed by atoms with Gasteiger partial charge >= 0.3 is 0 Å². The summed E-state index contributed by atoms with van der Waals surface area (Å²) in [5, 5.41) is 0. The maximum absolute atomic E-state index is 15.2. The SMILES string of the molecule is CCCCc1ccc2c(c1)CCc1c-2ccc(-c2ccc(F)cc2)c1F. The molecule has 4 rings (SSSR count). The van der Waals surface area contributed by atoms with Crippen molar-refractivity contribution in [3.05, 3.63) is 82.9 Å². The van der Waals surface area contributed by atoms with Crippen molar-refractivity contribution in [2.45, 2.75) is 39.0 Å². The normalized spacial score (nSPS) is 12.6. The Bertz CT molecular complexity index is 939. The number of aryl methyl sites for hydroxylation is 2. The predicted octanol–water partition coefficient (Wildman–Crippen LogP) is 6.74. The molecule has 1 aliphatic rings. The molecule has 132 valence electrons. The molecule has 26 heavy (non-hydrogen) atoms. The Morgan fingerprint density at radius 2 is 1.54 bits per heavy atom. The van der Waals surface area contributed by atoms with Crippen molar-refractivity contribution in [1.29, 1.82) is 0 Å². The number of hydrogen-bond acceptors (Lipinski definition) is 0. The van der Waals surface area contributed by atoms with Gasteiger partial charge in [0.15, 0.2) is 0 Å². The van der Waals surface area contributed by atoms with Crippen LogP contribution in [0.1, 0.15) is 36.5 Å². The fourth-order valence-corrected chi connectivity index (χ4v) is 3.88. The van der Waals surface area contributed by atoms with Gasteiger partial charge in [0.05, 0.1) is 0 Å². The average molecular weight is 348 g/mol. The molecule has 0 aromatic heterocycles. The smallest absolute Gasteiger partial charge is 0.134 e. The van der Waals surface area contributed by atoms with Gasteiger partial charge in [0, 0.05) is 5.56 Å². The Morgan fingerprint density at radius 1 is 0.808 bits per heavy atom. The van der Waals surface area contributed by atoms with Crippen molar-refractivity contribution >= 4 is 0 Å². The van der Waals surface area contributed by atoms with Crippen LogP contribution in [-0.4, -0.2) is 0 Å². The highest BCUT2D eigenvalue weighted by Crippen LogP contribution is 2.38. The molecule has 0 amide bonds. The largest absolute Gasteiger partial charge is 0.207 e. The number of benzene rings is 3. The molecule has 0 bridgehead atoms. The summed E-state index contributed by atoms with van der Waals surface area (Å²) in [6, 6.07) is 16.5. The van der Waals surface area contributed by atoms with E-state index in [1.165, 1.54) is 36.1 Å². The van der Waals surface area contributed by atoms with Crippen LogP contribution in [0.25, 0.3) is 22.3 Å². The van der Waals surface area contributed by atoms with Gasteiger partial charge in [-0.1, -0.05) is 55.8 Å². The lowest BCUT2D eigenvalue weighted by atomic mass is 9.82. The molecule has 2 heteroatoms. The lowest BCUT2D eigenvalue weighted by Crippen LogP contribution is -2.08. The van der Waals surface area contributed by atoms with Crippen LogP contribution in [0.5, 0.6) is 0 Å². The zero-order valence-electron chi connectivity index (χ0n) is 15.0. The first kappa shape index (κ1) is 17.0. The first-order chi connectivity index (χ1) is 12.7. The zero-order chi connectivity index (χ0) is 18.1. The van der Waals surface area contributed by atoms with Crippen LogP contribution in [0, 0.1) is 11.6 Å². The first-order valence-corrected chi connectivity index (χ1v) is 9.37. The Balaban J connectivity index is 1.74. The number of unbranched alkanes of at least 4 members (excludes halogenated alkanes) is 1. The topological polar surface area (TPSA) is 0 Å². The highest BCUT2D eigenvalue weighted by Gasteiger charge is 2.21. The molecular weight excluding hydrogens is 326 g/mol. The number of hydrogen-bond donors (Lipinski definition) is 0. The van der Waals surface area contributed by atoms with E-state index in [0.717, 1.165) is 29.5 Å². The minimum absolute atomic E-state index is 0.171. The van der Waals surface area contributed by atoms with Gasteiger partial charge in [0.1, 0.15) is 11.6 Å². The summed E-state index contributed by atoms with van der Waals surface area (Å²) < 4.78 is 28.3. The van der Waals surface area contributed by atoms with Crippen molar-refractivity contribution in [3.8, 4) is 22.3 Å². The molecule has 0 atom stereocenters. The second-order valence-electron chi connectivity index (χ2n) is 7.06. The molecule has 0 aliphatic heterocycles. The summed E-state index contributed by atoms with van der Waals surface area (Å²) in [5.74, 6) is -0.477. The second-order valence-corrected chi connectivity index (χ2v) is 7.06. The van der Waals surface area contributed by atoms with Crippen LogP contribution in [0.3, 0.4) is 0 Å². The number of fused-ring (bicyclic) bond motifs is 3. The summed E-state index contributed by atoms with van der Waals surface area (Å²) >= 11 is 0. The Labute approximate surface area is 153 Å². The molecule has 1 aliphatic carbocycles. The minimum atomic E-state index is -0.306. The zero-order valence-corrected chi connectivity index (χ0v) is 15.0. The molecule has 3 aromatic rings. The van der Waals surface area contributed by atoms with E-state index in [1.54, 1.807) is 12.1 Å². The standard InChI is InChI=1S/C24H22F2/c1-2-3-4-16-5-11-20-18(15-16)8-12-23-22(20)14-13-21(24(23)26)17-6-9-19(25)10-7-17/h5-7,9-11,13-15H,2-4,8,12H2,1H3. The van der Waals surface area contributed by atoms with E-state index in [4.69, 9.17) is 0 Å². The minimum Gasteiger partial charge on any atom is -0.207 e. The molecule has 0 fully saturated rings. The van der Waals surface area contributed by atoms with E-state index in [9.17, 15) is 4.39 Å². The fourth-order valence-electron chi connectivity index (χ4n) is 3.88. The summed E-state index contributed by atoms with van der Waals surface area (Å²) in [5.41, 5.74) is 6.88. The molecule has 0 nitrogen and oxygen atoms in total. The maximum atomic E-state index is 15.2. The molecule has 0 radical (unpaired) electrons.